The molecule has 4 nitrogen and oxygen atoms in total. The van der Waals surface area contributed by atoms with Gasteiger partial charge in [0, 0.05) is 11.5 Å². The average molecular weight is 326 g/mol. The van der Waals surface area contributed by atoms with Crippen LogP contribution >= 0.6 is 11.3 Å². The number of carbonyl (C=O) groups is 1. The van der Waals surface area contributed by atoms with Crippen LogP contribution in [0.3, 0.4) is 0 Å². The molecule has 2 aromatic heterocycles. The second-order valence-electron chi connectivity index (χ2n) is 6.42. The van der Waals surface area contributed by atoms with Gasteiger partial charge < -0.3 is 5.11 Å². The summed E-state index contributed by atoms with van der Waals surface area (Å²) < 4.78 is 1.98. The molecule has 2 heterocycles. The summed E-state index contributed by atoms with van der Waals surface area (Å²) in [5, 5.41) is 10.9. The van der Waals surface area contributed by atoms with Crippen molar-refractivity contribution in [1.82, 2.24) is 9.38 Å². The number of fused-ring (bicyclic) bond motifs is 1. The van der Waals surface area contributed by atoms with Gasteiger partial charge >= 0.3 is 5.97 Å². The van der Waals surface area contributed by atoms with Gasteiger partial charge in [0.2, 0.25) is 0 Å². The fraction of sp³-hybridized carbons (Fsp3) is 0.222. The number of hydrogen-bond acceptors (Lipinski definition) is 3. The lowest BCUT2D eigenvalue weighted by molar-refractivity contribution is -0.131. The average Bonchev–Trinajstić information content (AvgIpc) is 3.06. The molecule has 0 bridgehead atoms. The van der Waals surface area contributed by atoms with Crippen LogP contribution in [0, 0.1) is 0 Å². The standard InChI is InChI=1S/C18H18N2O2S/c1-18(2,3)13-6-4-12(5-7-13)15-11-23-17-19-10-14(20(15)17)8-9-16(21)22/h4-11H,1-3H3,(H,21,22)/b9-8+. The van der Waals surface area contributed by atoms with E-state index in [1.807, 2.05) is 9.78 Å². The molecule has 5 heteroatoms. The molecule has 0 amide bonds. The highest BCUT2D eigenvalue weighted by molar-refractivity contribution is 7.15. The van der Waals surface area contributed by atoms with Crippen molar-refractivity contribution >= 4 is 28.3 Å². The first kappa shape index (κ1) is 15.5. The lowest BCUT2D eigenvalue weighted by Gasteiger charge is -2.19. The predicted molar refractivity (Wildman–Crippen MR) is 93.9 cm³/mol. The third kappa shape index (κ3) is 3.05. The van der Waals surface area contributed by atoms with Gasteiger partial charge in [0.25, 0.3) is 0 Å². The second-order valence-corrected chi connectivity index (χ2v) is 7.26. The van der Waals surface area contributed by atoms with E-state index in [4.69, 9.17) is 5.11 Å². The van der Waals surface area contributed by atoms with Gasteiger partial charge in [-0.05, 0) is 22.6 Å². The molecule has 23 heavy (non-hydrogen) atoms. The first-order valence-electron chi connectivity index (χ1n) is 7.33. The molecular formula is C18H18N2O2S. The lowest BCUT2D eigenvalue weighted by Crippen LogP contribution is -2.10. The van der Waals surface area contributed by atoms with Crippen LogP contribution in [-0.2, 0) is 10.2 Å². The summed E-state index contributed by atoms with van der Waals surface area (Å²) in [5.41, 5.74) is 4.27. The van der Waals surface area contributed by atoms with Crippen LogP contribution in [0.4, 0.5) is 0 Å². The number of carboxylic acids is 1. The minimum absolute atomic E-state index is 0.118. The molecule has 0 saturated heterocycles. The van der Waals surface area contributed by atoms with Crippen molar-refractivity contribution in [2.24, 2.45) is 0 Å². The molecule has 1 aromatic carbocycles. The molecular weight excluding hydrogens is 308 g/mol. The summed E-state index contributed by atoms with van der Waals surface area (Å²) in [7, 11) is 0. The van der Waals surface area contributed by atoms with Gasteiger partial charge in [-0.15, -0.1) is 11.3 Å². The monoisotopic (exact) mass is 326 g/mol. The molecule has 3 rings (SSSR count). The minimum Gasteiger partial charge on any atom is -0.478 e. The second kappa shape index (κ2) is 5.66. The van der Waals surface area contributed by atoms with Gasteiger partial charge in [-0.1, -0.05) is 45.0 Å². The van der Waals surface area contributed by atoms with Crippen molar-refractivity contribution in [1.29, 1.82) is 0 Å². The molecule has 0 unspecified atom stereocenters. The summed E-state index contributed by atoms with van der Waals surface area (Å²) >= 11 is 1.54. The van der Waals surface area contributed by atoms with E-state index in [1.54, 1.807) is 23.6 Å². The Morgan fingerprint density at radius 3 is 2.57 bits per heavy atom. The van der Waals surface area contributed by atoms with Crippen molar-refractivity contribution in [3.8, 4) is 11.3 Å². The Bertz CT molecular complexity index is 880. The van der Waals surface area contributed by atoms with E-state index in [-0.39, 0.29) is 5.41 Å². The highest BCUT2D eigenvalue weighted by atomic mass is 32.1. The van der Waals surface area contributed by atoms with E-state index >= 15 is 0 Å². The minimum atomic E-state index is -0.966. The van der Waals surface area contributed by atoms with Crippen molar-refractivity contribution < 1.29 is 9.90 Å². The number of imidazole rings is 1. The Labute approximate surface area is 138 Å². The fourth-order valence-electron chi connectivity index (χ4n) is 2.45. The highest BCUT2D eigenvalue weighted by Crippen LogP contribution is 2.30. The zero-order chi connectivity index (χ0) is 16.6. The first-order valence-corrected chi connectivity index (χ1v) is 8.21. The molecule has 0 aliphatic rings. The summed E-state index contributed by atoms with van der Waals surface area (Å²) in [4.78, 5) is 15.9. The third-order valence-electron chi connectivity index (χ3n) is 3.72. The van der Waals surface area contributed by atoms with Crippen LogP contribution in [0.1, 0.15) is 32.0 Å². The molecule has 118 valence electrons. The van der Waals surface area contributed by atoms with Crippen LogP contribution in [0.25, 0.3) is 22.3 Å². The Morgan fingerprint density at radius 1 is 1.26 bits per heavy atom. The molecule has 0 fully saturated rings. The molecule has 0 aliphatic heterocycles. The predicted octanol–water partition coefficient (Wildman–Crippen LogP) is 4.46. The lowest BCUT2D eigenvalue weighted by atomic mass is 9.86. The van der Waals surface area contributed by atoms with Crippen molar-refractivity contribution in [3.05, 3.63) is 53.2 Å². The molecule has 0 radical (unpaired) electrons. The summed E-state index contributed by atoms with van der Waals surface area (Å²) in [6.07, 6.45) is 4.40. The Morgan fingerprint density at radius 2 is 1.96 bits per heavy atom. The van der Waals surface area contributed by atoms with Crippen LogP contribution in [0.2, 0.25) is 0 Å². The fourth-order valence-corrected chi connectivity index (χ4v) is 3.33. The van der Waals surface area contributed by atoms with Gasteiger partial charge in [-0.3, -0.25) is 4.40 Å². The molecule has 1 N–H and O–H groups in total. The maximum absolute atomic E-state index is 10.7. The topological polar surface area (TPSA) is 54.6 Å². The maximum Gasteiger partial charge on any atom is 0.328 e. The van der Waals surface area contributed by atoms with Gasteiger partial charge in [0.1, 0.15) is 0 Å². The SMILES string of the molecule is CC(C)(C)c1ccc(-c2csc3ncc(/C=C/C(=O)O)n23)cc1. The summed E-state index contributed by atoms with van der Waals surface area (Å²) in [6.45, 7) is 6.57. The third-order valence-corrected chi connectivity index (χ3v) is 4.56. The van der Waals surface area contributed by atoms with Gasteiger partial charge in [0.15, 0.2) is 4.96 Å². The molecule has 0 aliphatic carbocycles. The highest BCUT2D eigenvalue weighted by Gasteiger charge is 2.15. The number of aromatic nitrogens is 2. The van der Waals surface area contributed by atoms with Gasteiger partial charge in [0.05, 0.1) is 17.6 Å². The molecule has 0 spiro atoms. The van der Waals surface area contributed by atoms with Crippen molar-refractivity contribution in [2.45, 2.75) is 26.2 Å². The quantitative estimate of drug-likeness (QED) is 0.723. The molecule has 0 saturated carbocycles. The van der Waals surface area contributed by atoms with Gasteiger partial charge in [-0.2, -0.15) is 0 Å². The number of carboxylic acid groups (broad SMARTS) is 1. The number of hydrogen-bond donors (Lipinski definition) is 1. The smallest absolute Gasteiger partial charge is 0.328 e. The Hall–Kier alpha value is -2.40. The van der Waals surface area contributed by atoms with E-state index in [1.165, 1.54) is 5.56 Å². The number of thiazole rings is 1. The largest absolute Gasteiger partial charge is 0.478 e. The Balaban J connectivity index is 2.06. The van der Waals surface area contributed by atoms with Crippen molar-refractivity contribution in [3.63, 3.8) is 0 Å². The normalized spacial score (nSPS) is 12.3. The number of aliphatic carboxylic acids is 1. The van der Waals surface area contributed by atoms with Crippen LogP contribution < -0.4 is 0 Å². The first-order chi connectivity index (χ1) is 10.9. The van der Waals surface area contributed by atoms with Crippen LogP contribution in [0.15, 0.2) is 41.9 Å². The Kier molecular flexibility index (Phi) is 3.82. The van der Waals surface area contributed by atoms with Crippen LogP contribution in [-0.4, -0.2) is 20.5 Å². The van der Waals surface area contributed by atoms with Gasteiger partial charge in [-0.25, -0.2) is 9.78 Å². The van der Waals surface area contributed by atoms with E-state index in [0.717, 1.165) is 28.0 Å². The molecule has 0 atom stereocenters. The van der Waals surface area contributed by atoms with E-state index < -0.39 is 5.97 Å². The van der Waals surface area contributed by atoms with E-state index in [0.29, 0.717) is 0 Å². The summed E-state index contributed by atoms with van der Waals surface area (Å²) in [6, 6.07) is 8.49. The number of benzene rings is 1. The molecule has 3 aromatic rings. The zero-order valence-electron chi connectivity index (χ0n) is 13.3. The number of nitrogens with zero attached hydrogens (tertiary/aromatic N) is 2. The van der Waals surface area contributed by atoms with Crippen LogP contribution in [0.5, 0.6) is 0 Å². The summed E-state index contributed by atoms with van der Waals surface area (Å²) in [5.74, 6) is -0.966. The van der Waals surface area contributed by atoms with Crippen molar-refractivity contribution in [2.75, 3.05) is 0 Å². The number of rotatable bonds is 3. The van der Waals surface area contributed by atoms with E-state index in [9.17, 15) is 4.79 Å². The maximum atomic E-state index is 10.7. The van der Waals surface area contributed by atoms with E-state index in [2.05, 4.69) is 50.0 Å². The zero-order valence-corrected chi connectivity index (χ0v) is 14.1.